The molecule has 0 radical (unpaired) electrons. The molecule has 2 aromatic rings. The molecule has 1 aliphatic heterocycles. The molecule has 2 amide bonds. The van der Waals surface area contributed by atoms with Gasteiger partial charge >= 0.3 is 0 Å². The Labute approximate surface area is 165 Å². The summed E-state index contributed by atoms with van der Waals surface area (Å²) in [6.07, 6.45) is 5.15. The largest absolute Gasteiger partial charge is 0.351 e. The van der Waals surface area contributed by atoms with Gasteiger partial charge in [0.25, 0.3) is 5.91 Å². The average Bonchev–Trinajstić information content (AvgIpc) is 3.15. The lowest BCUT2D eigenvalue weighted by Crippen LogP contribution is -2.40. The highest BCUT2D eigenvalue weighted by Gasteiger charge is 2.21. The fourth-order valence-corrected chi connectivity index (χ4v) is 2.68. The van der Waals surface area contributed by atoms with Crippen LogP contribution in [0, 0.1) is 0 Å². The first-order chi connectivity index (χ1) is 11.7. The van der Waals surface area contributed by atoms with Crippen molar-refractivity contribution in [2.24, 2.45) is 0 Å². The zero-order valence-corrected chi connectivity index (χ0v) is 15.7. The minimum Gasteiger partial charge on any atom is -0.351 e. The maximum absolute atomic E-state index is 12.3. The van der Waals surface area contributed by atoms with Crippen LogP contribution in [-0.2, 0) is 11.3 Å². The number of hydrogen-bond acceptors (Lipinski definition) is 4. The molecule has 1 aliphatic rings. The van der Waals surface area contributed by atoms with Crippen LogP contribution in [0.2, 0.25) is 0 Å². The molecule has 1 aromatic heterocycles. The van der Waals surface area contributed by atoms with Crippen LogP contribution in [0.3, 0.4) is 0 Å². The molecule has 3 rings (SSSR count). The van der Waals surface area contributed by atoms with Crippen molar-refractivity contribution in [1.29, 1.82) is 0 Å². The highest BCUT2D eigenvalue weighted by Crippen LogP contribution is 2.10. The first kappa shape index (κ1) is 21.9. The highest BCUT2D eigenvalue weighted by molar-refractivity contribution is 6.04. The number of aromatic nitrogens is 1. The molecule has 1 atom stereocenters. The van der Waals surface area contributed by atoms with Crippen LogP contribution in [0.5, 0.6) is 0 Å². The number of carbonyl (C=O) groups excluding carboxylic acids is 2. The predicted molar refractivity (Wildman–Crippen MR) is 106 cm³/mol. The Morgan fingerprint density at radius 3 is 2.62 bits per heavy atom. The van der Waals surface area contributed by atoms with Crippen LogP contribution in [-0.4, -0.2) is 29.4 Å². The van der Waals surface area contributed by atoms with Gasteiger partial charge < -0.3 is 16.0 Å². The van der Waals surface area contributed by atoms with Crippen molar-refractivity contribution in [3.8, 4) is 0 Å². The lowest BCUT2D eigenvalue weighted by molar-refractivity contribution is -0.122. The average molecular weight is 397 g/mol. The van der Waals surface area contributed by atoms with Crippen molar-refractivity contribution in [3.05, 3.63) is 59.9 Å². The molecule has 6 nitrogen and oxygen atoms in total. The van der Waals surface area contributed by atoms with Crippen molar-refractivity contribution < 1.29 is 9.59 Å². The van der Waals surface area contributed by atoms with Crippen LogP contribution in [0.4, 0.5) is 5.69 Å². The molecule has 1 saturated heterocycles. The van der Waals surface area contributed by atoms with Gasteiger partial charge in [-0.05, 0) is 49.2 Å². The number of nitrogens with one attached hydrogen (secondary N) is 3. The molecule has 0 aliphatic carbocycles. The summed E-state index contributed by atoms with van der Waals surface area (Å²) < 4.78 is 0. The lowest BCUT2D eigenvalue weighted by atomic mass is 10.1. The van der Waals surface area contributed by atoms with Gasteiger partial charge in [0.05, 0.1) is 6.04 Å². The quantitative estimate of drug-likeness (QED) is 0.724. The zero-order valence-electron chi connectivity index (χ0n) is 14.1. The SMILES string of the molecule is Cl.Cl.O=C(Nc1ccncc1)c1cccc(CNC(=O)C2CCCN2)c1. The number of anilines is 1. The molecular formula is C18H22Cl2N4O2. The molecule has 0 spiro atoms. The monoisotopic (exact) mass is 396 g/mol. The third-order valence-electron chi connectivity index (χ3n) is 3.97. The highest BCUT2D eigenvalue weighted by atomic mass is 35.5. The second kappa shape index (κ2) is 10.8. The number of amides is 2. The molecule has 1 unspecified atom stereocenters. The van der Waals surface area contributed by atoms with E-state index >= 15 is 0 Å². The van der Waals surface area contributed by atoms with E-state index in [1.54, 1.807) is 36.7 Å². The smallest absolute Gasteiger partial charge is 0.255 e. The Kier molecular flexibility index (Phi) is 9.05. The van der Waals surface area contributed by atoms with E-state index in [0.717, 1.165) is 24.9 Å². The minimum absolute atomic E-state index is 0. The van der Waals surface area contributed by atoms with E-state index in [9.17, 15) is 9.59 Å². The Morgan fingerprint density at radius 2 is 1.92 bits per heavy atom. The number of carbonyl (C=O) groups is 2. The van der Waals surface area contributed by atoms with Gasteiger partial charge in [0.15, 0.2) is 0 Å². The van der Waals surface area contributed by atoms with E-state index in [4.69, 9.17) is 0 Å². The predicted octanol–water partition coefficient (Wildman–Crippen LogP) is 2.55. The van der Waals surface area contributed by atoms with Gasteiger partial charge in [-0.1, -0.05) is 12.1 Å². The summed E-state index contributed by atoms with van der Waals surface area (Å²) in [5, 5.41) is 8.90. The van der Waals surface area contributed by atoms with Crippen molar-refractivity contribution in [2.45, 2.75) is 25.4 Å². The van der Waals surface area contributed by atoms with Gasteiger partial charge in [-0.3, -0.25) is 14.6 Å². The molecule has 0 bridgehead atoms. The van der Waals surface area contributed by atoms with Gasteiger partial charge in [0, 0.05) is 30.2 Å². The number of pyridine rings is 1. The van der Waals surface area contributed by atoms with E-state index in [2.05, 4.69) is 20.9 Å². The van der Waals surface area contributed by atoms with Crippen molar-refractivity contribution in [1.82, 2.24) is 15.6 Å². The van der Waals surface area contributed by atoms with Gasteiger partial charge in [-0.2, -0.15) is 0 Å². The van der Waals surface area contributed by atoms with E-state index in [1.807, 2.05) is 12.1 Å². The number of rotatable bonds is 5. The topological polar surface area (TPSA) is 83.1 Å². The van der Waals surface area contributed by atoms with Crippen LogP contribution in [0.25, 0.3) is 0 Å². The molecule has 140 valence electrons. The zero-order chi connectivity index (χ0) is 16.8. The fraction of sp³-hybridized carbons (Fsp3) is 0.278. The van der Waals surface area contributed by atoms with E-state index in [0.29, 0.717) is 17.8 Å². The fourth-order valence-electron chi connectivity index (χ4n) is 2.68. The Balaban J connectivity index is 0.00000169. The second-order valence-corrected chi connectivity index (χ2v) is 5.76. The summed E-state index contributed by atoms with van der Waals surface area (Å²) in [6, 6.07) is 10.6. The molecule has 1 fully saturated rings. The van der Waals surface area contributed by atoms with Crippen molar-refractivity contribution in [2.75, 3.05) is 11.9 Å². The summed E-state index contributed by atoms with van der Waals surface area (Å²) in [4.78, 5) is 28.2. The van der Waals surface area contributed by atoms with Crippen molar-refractivity contribution in [3.63, 3.8) is 0 Å². The second-order valence-electron chi connectivity index (χ2n) is 5.76. The molecular weight excluding hydrogens is 375 g/mol. The van der Waals surface area contributed by atoms with Crippen LogP contribution in [0.1, 0.15) is 28.8 Å². The Bertz CT molecular complexity index is 722. The number of hydrogen-bond donors (Lipinski definition) is 3. The van der Waals surface area contributed by atoms with Crippen LogP contribution in [0.15, 0.2) is 48.8 Å². The van der Waals surface area contributed by atoms with Crippen LogP contribution < -0.4 is 16.0 Å². The first-order valence-corrected chi connectivity index (χ1v) is 8.04. The number of nitrogens with zero attached hydrogens (tertiary/aromatic N) is 1. The third-order valence-corrected chi connectivity index (χ3v) is 3.97. The summed E-state index contributed by atoms with van der Waals surface area (Å²) >= 11 is 0. The molecule has 1 aromatic carbocycles. The number of benzene rings is 1. The van der Waals surface area contributed by atoms with Crippen molar-refractivity contribution >= 4 is 42.3 Å². The maximum Gasteiger partial charge on any atom is 0.255 e. The molecule has 0 saturated carbocycles. The Morgan fingerprint density at radius 1 is 1.15 bits per heavy atom. The minimum atomic E-state index is -0.188. The van der Waals surface area contributed by atoms with Crippen LogP contribution >= 0.6 is 24.8 Å². The van der Waals surface area contributed by atoms with Gasteiger partial charge in [-0.15, -0.1) is 24.8 Å². The molecule has 2 heterocycles. The first-order valence-electron chi connectivity index (χ1n) is 8.04. The third kappa shape index (κ3) is 5.98. The molecule has 3 N–H and O–H groups in total. The molecule has 8 heteroatoms. The summed E-state index contributed by atoms with van der Waals surface area (Å²) in [5.74, 6) is -0.175. The normalized spacial score (nSPS) is 15.3. The van der Waals surface area contributed by atoms with Gasteiger partial charge in [0.1, 0.15) is 0 Å². The van der Waals surface area contributed by atoms with E-state index in [-0.39, 0.29) is 42.7 Å². The van der Waals surface area contributed by atoms with Gasteiger partial charge in [0.2, 0.25) is 5.91 Å². The maximum atomic E-state index is 12.3. The summed E-state index contributed by atoms with van der Waals surface area (Å²) in [5.41, 5.74) is 2.14. The van der Waals surface area contributed by atoms with Gasteiger partial charge in [-0.25, -0.2) is 0 Å². The van der Waals surface area contributed by atoms with E-state index in [1.165, 1.54) is 0 Å². The standard InChI is InChI=1S/C18H20N4O2.2ClH/c23-17(22-15-6-9-19-10-7-15)14-4-1-3-13(11-14)12-21-18(24)16-5-2-8-20-16;;/h1,3-4,6-7,9-11,16,20H,2,5,8,12H2,(H,21,24)(H,19,22,23);2*1H. The lowest BCUT2D eigenvalue weighted by Gasteiger charge is -2.12. The summed E-state index contributed by atoms with van der Waals surface area (Å²) in [7, 11) is 0. The molecule has 26 heavy (non-hydrogen) atoms. The number of halogens is 2. The Hall–Kier alpha value is -2.15. The summed E-state index contributed by atoms with van der Waals surface area (Å²) in [6.45, 7) is 1.30. The van der Waals surface area contributed by atoms with E-state index < -0.39 is 0 Å².